The monoisotopic (exact) mass is 415 g/mol. The average molecular weight is 416 g/mol. The van der Waals surface area contributed by atoms with Gasteiger partial charge in [-0.2, -0.15) is 0 Å². The maximum Gasteiger partial charge on any atom is 0.166 e. The fourth-order valence-electron chi connectivity index (χ4n) is 3.01. The van der Waals surface area contributed by atoms with E-state index in [0.29, 0.717) is 32.7 Å². The minimum absolute atomic E-state index is 0. The normalized spacial score (nSPS) is 10.3. The van der Waals surface area contributed by atoms with Crippen molar-refractivity contribution in [2.45, 2.75) is 26.5 Å². The summed E-state index contributed by atoms with van der Waals surface area (Å²) in [7, 11) is 0. The first-order chi connectivity index (χ1) is 13.8. The van der Waals surface area contributed by atoms with Crippen LogP contribution >= 0.6 is 12.4 Å². The lowest BCUT2D eigenvalue weighted by Gasteiger charge is -2.16. The molecule has 0 spiro atoms. The summed E-state index contributed by atoms with van der Waals surface area (Å²) in [4.78, 5) is 0. The van der Waals surface area contributed by atoms with Crippen LogP contribution in [0.25, 0.3) is 0 Å². The summed E-state index contributed by atoms with van der Waals surface area (Å²) in [5.74, 6) is 1.34. The Morgan fingerprint density at radius 2 is 1.55 bits per heavy atom. The number of para-hydroxylation sites is 1. The Morgan fingerprint density at radius 1 is 0.828 bits per heavy atom. The zero-order valence-electron chi connectivity index (χ0n) is 16.6. The third kappa shape index (κ3) is 6.77. The van der Waals surface area contributed by atoms with E-state index in [1.165, 1.54) is 6.07 Å². The van der Waals surface area contributed by atoms with Gasteiger partial charge >= 0.3 is 0 Å². The number of rotatable bonds is 10. The largest absolute Gasteiger partial charge is 0.490 e. The summed E-state index contributed by atoms with van der Waals surface area (Å²) < 4.78 is 25.6. The summed E-state index contributed by atoms with van der Waals surface area (Å²) in [5, 5.41) is 3.38. The number of nitrogens with one attached hydrogen (secondary N) is 1. The molecule has 0 bridgehead atoms. The fraction of sp³-hybridized carbons (Fsp3) is 0.250. The molecule has 0 saturated heterocycles. The first kappa shape index (κ1) is 22.7. The summed E-state index contributed by atoms with van der Waals surface area (Å²) in [6, 6.07) is 22.9. The predicted molar refractivity (Wildman–Crippen MR) is 117 cm³/mol. The quantitative estimate of drug-likeness (QED) is 0.440. The van der Waals surface area contributed by atoms with Gasteiger partial charge in [-0.05, 0) is 43.1 Å². The van der Waals surface area contributed by atoms with Crippen LogP contribution in [-0.4, -0.2) is 13.2 Å². The number of hydrogen-bond acceptors (Lipinski definition) is 3. The van der Waals surface area contributed by atoms with E-state index in [1.807, 2.05) is 67.6 Å². The van der Waals surface area contributed by atoms with Gasteiger partial charge in [0.25, 0.3) is 0 Å². The highest BCUT2D eigenvalue weighted by molar-refractivity contribution is 5.85. The van der Waals surface area contributed by atoms with Crippen molar-refractivity contribution in [3.8, 4) is 11.5 Å². The first-order valence-electron chi connectivity index (χ1n) is 9.63. The third-order valence-electron chi connectivity index (χ3n) is 4.43. The molecule has 0 heterocycles. The Kier molecular flexibility index (Phi) is 9.48. The molecule has 0 fully saturated rings. The predicted octanol–water partition coefficient (Wildman–Crippen LogP) is 5.56. The van der Waals surface area contributed by atoms with E-state index in [0.717, 1.165) is 28.2 Å². The van der Waals surface area contributed by atoms with Crippen molar-refractivity contribution < 1.29 is 13.9 Å². The number of halogens is 2. The highest BCUT2D eigenvalue weighted by Gasteiger charge is 2.11. The molecule has 1 N–H and O–H groups in total. The van der Waals surface area contributed by atoms with Crippen molar-refractivity contribution in [2.24, 2.45) is 0 Å². The molecule has 3 aromatic rings. The molecule has 3 aromatic carbocycles. The summed E-state index contributed by atoms with van der Waals surface area (Å²) >= 11 is 0. The van der Waals surface area contributed by atoms with E-state index in [9.17, 15) is 4.39 Å². The van der Waals surface area contributed by atoms with Gasteiger partial charge in [0, 0.05) is 12.1 Å². The van der Waals surface area contributed by atoms with Gasteiger partial charge < -0.3 is 14.8 Å². The molecule has 154 valence electrons. The van der Waals surface area contributed by atoms with E-state index in [4.69, 9.17) is 9.47 Å². The van der Waals surface area contributed by atoms with Crippen molar-refractivity contribution in [1.82, 2.24) is 5.32 Å². The minimum atomic E-state index is -0.158. The Balaban J connectivity index is 0.00000300. The lowest BCUT2D eigenvalue weighted by Crippen LogP contribution is -2.18. The molecule has 0 radical (unpaired) electrons. The van der Waals surface area contributed by atoms with Gasteiger partial charge in [0.2, 0.25) is 0 Å². The second kappa shape index (κ2) is 12.1. The van der Waals surface area contributed by atoms with Crippen LogP contribution in [0.3, 0.4) is 0 Å². The van der Waals surface area contributed by atoms with Crippen molar-refractivity contribution in [2.75, 3.05) is 13.2 Å². The Morgan fingerprint density at radius 3 is 2.31 bits per heavy atom. The molecule has 0 unspecified atom stereocenters. The lowest BCUT2D eigenvalue weighted by molar-refractivity contribution is 0.266. The third-order valence-corrected chi connectivity index (χ3v) is 4.43. The molecule has 0 aliphatic rings. The van der Waals surface area contributed by atoms with Gasteiger partial charge in [0.05, 0.1) is 6.61 Å². The van der Waals surface area contributed by atoms with Crippen LogP contribution in [0.1, 0.15) is 23.6 Å². The van der Waals surface area contributed by atoms with Crippen LogP contribution in [-0.2, 0) is 19.6 Å². The molecular weight excluding hydrogens is 389 g/mol. The Labute approximate surface area is 178 Å². The van der Waals surface area contributed by atoms with Gasteiger partial charge in [-0.25, -0.2) is 4.39 Å². The molecule has 0 aliphatic carbocycles. The van der Waals surface area contributed by atoms with Crippen LogP contribution < -0.4 is 14.8 Å². The van der Waals surface area contributed by atoms with Crippen molar-refractivity contribution in [3.63, 3.8) is 0 Å². The zero-order valence-corrected chi connectivity index (χ0v) is 17.4. The molecule has 0 saturated carbocycles. The van der Waals surface area contributed by atoms with Crippen LogP contribution in [0.4, 0.5) is 4.39 Å². The van der Waals surface area contributed by atoms with Gasteiger partial charge in [-0.15, -0.1) is 12.4 Å². The van der Waals surface area contributed by atoms with Gasteiger partial charge in [0.15, 0.2) is 11.5 Å². The average Bonchev–Trinajstić information content (AvgIpc) is 2.73. The summed E-state index contributed by atoms with van der Waals surface area (Å²) in [5.41, 5.74) is 2.85. The molecule has 3 nitrogen and oxygen atoms in total. The highest BCUT2D eigenvalue weighted by atomic mass is 35.5. The topological polar surface area (TPSA) is 30.5 Å². The van der Waals surface area contributed by atoms with Crippen LogP contribution in [0, 0.1) is 5.82 Å². The van der Waals surface area contributed by atoms with E-state index < -0.39 is 0 Å². The second-order valence-electron chi connectivity index (χ2n) is 6.47. The summed E-state index contributed by atoms with van der Waals surface area (Å²) in [6.45, 7) is 4.32. The lowest BCUT2D eigenvalue weighted by atomic mass is 10.1. The van der Waals surface area contributed by atoms with E-state index >= 15 is 0 Å². The molecule has 3 rings (SSSR count). The molecule has 5 heteroatoms. The van der Waals surface area contributed by atoms with Gasteiger partial charge in [-0.1, -0.05) is 60.7 Å². The minimum Gasteiger partial charge on any atom is -0.490 e. The van der Waals surface area contributed by atoms with Crippen LogP contribution in [0.2, 0.25) is 0 Å². The van der Waals surface area contributed by atoms with Crippen LogP contribution in [0.15, 0.2) is 72.8 Å². The smallest absolute Gasteiger partial charge is 0.166 e. The number of benzene rings is 3. The first-order valence-corrected chi connectivity index (χ1v) is 9.63. The highest BCUT2D eigenvalue weighted by Crippen LogP contribution is 2.32. The van der Waals surface area contributed by atoms with Crippen molar-refractivity contribution >= 4 is 12.4 Å². The number of hydrogen-bond donors (Lipinski definition) is 1. The maximum absolute atomic E-state index is 13.7. The molecular formula is C24H27ClFNO2. The zero-order chi connectivity index (χ0) is 19.6. The fourth-order valence-corrected chi connectivity index (χ4v) is 3.01. The molecule has 0 aromatic heterocycles. The molecule has 29 heavy (non-hydrogen) atoms. The maximum atomic E-state index is 13.7. The summed E-state index contributed by atoms with van der Waals surface area (Å²) in [6.07, 6.45) is 0.637. The van der Waals surface area contributed by atoms with Gasteiger partial charge in [-0.3, -0.25) is 0 Å². The van der Waals surface area contributed by atoms with Crippen molar-refractivity contribution in [1.29, 1.82) is 0 Å². The van der Waals surface area contributed by atoms with Crippen molar-refractivity contribution in [3.05, 3.63) is 95.3 Å². The SMILES string of the molecule is CCOc1cccc(CNCCc2ccccc2F)c1OCc1ccccc1.Cl. The second-order valence-corrected chi connectivity index (χ2v) is 6.47. The van der Waals surface area contributed by atoms with Gasteiger partial charge in [0.1, 0.15) is 12.4 Å². The number of ether oxygens (including phenoxy) is 2. The standard InChI is InChI=1S/C24H26FNO2.ClH/c1-2-27-23-14-8-12-21(24(23)28-18-19-9-4-3-5-10-19)17-26-16-15-20-11-6-7-13-22(20)25;/h3-14,26H,2,15-18H2,1H3;1H. The Hall–Kier alpha value is -2.56. The molecule has 0 atom stereocenters. The van der Waals surface area contributed by atoms with E-state index in [-0.39, 0.29) is 18.2 Å². The molecule has 0 aliphatic heterocycles. The Bertz CT molecular complexity index is 874. The van der Waals surface area contributed by atoms with E-state index in [2.05, 4.69) is 5.32 Å². The molecule has 0 amide bonds. The van der Waals surface area contributed by atoms with Crippen LogP contribution in [0.5, 0.6) is 11.5 Å². The van der Waals surface area contributed by atoms with E-state index in [1.54, 1.807) is 6.07 Å².